The second kappa shape index (κ2) is 5.11. The maximum absolute atomic E-state index is 11.5. The van der Waals surface area contributed by atoms with Crippen LogP contribution in [0.15, 0.2) is 24.3 Å². The van der Waals surface area contributed by atoms with E-state index in [4.69, 9.17) is 23.2 Å². The van der Waals surface area contributed by atoms with Gasteiger partial charge >= 0.3 is 5.97 Å². The van der Waals surface area contributed by atoms with E-state index >= 15 is 0 Å². The van der Waals surface area contributed by atoms with Gasteiger partial charge in [0.05, 0.1) is 5.69 Å². The summed E-state index contributed by atoms with van der Waals surface area (Å²) in [5, 5.41) is 10.4. The van der Waals surface area contributed by atoms with Crippen LogP contribution in [-0.4, -0.2) is 20.6 Å². The molecule has 3 rings (SSSR count). The molecule has 1 aliphatic heterocycles. The number of imidazole rings is 1. The number of hydrogen-bond donors (Lipinski definition) is 1. The zero-order valence-corrected chi connectivity index (χ0v) is 12.0. The van der Waals surface area contributed by atoms with Crippen LogP contribution in [0.4, 0.5) is 0 Å². The van der Waals surface area contributed by atoms with Gasteiger partial charge in [0.2, 0.25) is 0 Å². The molecule has 20 heavy (non-hydrogen) atoms. The maximum atomic E-state index is 11.5. The number of fused-ring (bicyclic) bond motifs is 1. The lowest BCUT2D eigenvalue weighted by Crippen LogP contribution is -2.25. The molecule has 6 heteroatoms. The summed E-state index contributed by atoms with van der Waals surface area (Å²) in [5.41, 5.74) is 1.62. The summed E-state index contributed by atoms with van der Waals surface area (Å²) in [7, 11) is 0. The van der Waals surface area contributed by atoms with Crippen LogP contribution >= 0.6 is 23.2 Å². The molecule has 0 fully saturated rings. The molecule has 1 aromatic heterocycles. The van der Waals surface area contributed by atoms with Crippen molar-refractivity contribution in [1.29, 1.82) is 0 Å². The average molecular weight is 311 g/mol. The molecule has 1 aromatic carbocycles. The van der Waals surface area contributed by atoms with Gasteiger partial charge in [-0.05, 0) is 43.5 Å². The Morgan fingerprint density at radius 1 is 1.30 bits per heavy atom. The van der Waals surface area contributed by atoms with E-state index in [0.717, 1.165) is 24.1 Å². The molecule has 1 atom stereocenters. The van der Waals surface area contributed by atoms with Crippen LogP contribution in [0.3, 0.4) is 0 Å². The van der Waals surface area contributed by atoms with Crippen LogP contribution in [0.1, 0.15) is 24.6 Å². The minimum atomic E-state index is -0.852. The Bertz CT molecular complexity index is 665. The molecule has 0 aliphatic carbocycles. The number of hydrogen-bond acceptors (Lipinski definition) is 2. The van der Waals surface area contributed by atoms with Crippen LogP contribution in [0, 0.1) is 0 Å². The van der Waals surface area contributed by atoms with E-state index in [0.29, 0.717) is 22.4 Å². The SMILES string of the molecule is O=C(O)C1CCCc2c(Cl)nc(-c3ccc(Cl)cc3)n21. The molecular formula is C14H12Cl2N2O2. The molecule has 0 saturated carbocycles. The number of halogens is 2. The quantitative estimate of drug-likeness (QED) is 0.917. The summed E-state index contributed by atoms with van der Waals surface area (Å²) in [6.07, 6.45) is 2.15. The summed E-state index contributed by atoms with van der Waals surface area (Å²) < 4.78 is 1.75. The Morgan fingerprint density at radius 2 is 2.00 bits per heavy atom. The molecule has 4 nitrogen and oxygen atoms in total. The highest BCUT2D eigenvalue weighted by Crippen LogP contribution is 2.35. The number of rotatable bonds is 2. The maximum Gasteiger partial charge on any atom is 0.326 e. The molecule has 1 N–H and O–H groups in total. The second-order valence-corrected chi connectivity index (χ2v) is 5.59. The number of benzene rings is 1. The molecule has 0 radical (unpaired) electrons. The molecular weight excluding hydrogens is 299 g/mol. The molecule has 0 saturated heterocycles. The van der Waals surface area contributed by atoms with Crippen molar-refractivity contribution < 1.29 is 9.90 Å². The Balaban J connectivity index is 2.17. The van der Waals surface area contributed by atoms with Crippen molar-refractivity contribution in [3.05, 3.63) is 40.1 Å². The first kappa shape index (κ1) is 13.5. The minimum Gasteiger partial charge on any atom is -0.480 e. The first-order valence-electron chi connectivity index (χ1n) is 6.33. The van der Waals surface area contributed by atoms with Crippen LogP contribution in [0.2, 0.25) is 10.2 Å². The summed E-state index contributed by atoms with van der Waals surface area (Å²) >= 11 is 12.0. The third-order valence-electron chi connectivity index (χ3n) is 3.55. The van der Waals surface area contributed by atoms with Gasteiger partial charge in [-0.3, -0.25) is 0 Å². The van der Waals surface area contributed by atoms with E-state index in [-0.39, 0.29) is 0 Å². The first-order valence-corrected chi connectivity index (χ1v) is 7.09. The van der Waals surface area contributed by atoms with E-state index in [1.54, 1.807) is 16.7 Å². The van der Waals surface area contributed by atoms with Crippen molar-refractivity contribution in [3.8, 4) is 11.4 Å². The van der Waals surface area contributed by atoms with Gasteiger partial charge in [-0.25, -0.2) is 9.78 Å². The topological polar surface area (TPSA) is 55.1 Å². The van der Waals surface area contributed by atoms with Crippen LogP contribution in [0.5, 0.6) is 0 Å². The van der Waals surface area contributed by atoms with Crippen molar-refractivity contribution in [2.24, 2.45) is 0 Å². The smallest absolute Gasteiger partial charge is 0.326 e. The lowest BCUT2D eigenvalue weighted by molar-refractivity contribution is -0.141. The summed E-state index contributed by atoms with van der Waals surface area (Å²) in [6, 6.07) is 6.55. The molecule has 1 aliphatic rings. The minimum absolute atomic E-state index is 0.390. The zero-order chi connectivity index (χ0) is 14.3. The Morgan fingerprint density at radius 3 is 2.65 bits per heavy atom. The molecule has 2 heterocycles. The normalized spacial score (nSPS) is 17.8. The van der Waals surface area contributed by atoms with Gasteiger partial charge in [-0.2, -0.15) is 0 Å². The van der Waals surface area contributed by atoms with Crippen molar-refractivity contribution in [1.82, 2.24) is 9.55 Å². The van der Waals surface area contributed by atoms with Gasteiger partial charge in [0.25, 0.3) is 0 Å². The van der Waals surface area contributed by atoms with Gasteiger partial charge in [-0.15, -0.1) is 0 Å². The number of carboxylic acids is 1. The number of aliphatic carboxylic acids is 1. The van der Waals surface area contributed by atoms with E-state index in [1.807, 2.05) is 12.1 Å². The molecule has 1 unspecified atom stereocenters. The average Bonchev–Trinajstić information content (AvgIpc) is 2.77. The molecule has 104 valence electrons. The van der Waals surface area contributed by atoms with Gasteiger partial charge in [-0.1, -0.05) is 23.2 Å². The second-order valence-electron chi connectivity index (χ2n) is 4.80. The number of aromatic nitrogens is 2. The highest BCUT2D eigenvalue weighted by atomic mass is 35.5. The van der Waals surface area contributed by atoms with Crippen molar-refractivity contribution in [3.63, 3.8) is 0 Å². The number of nitrogens with zero attached hydrogens (tertiary/aromatic N) is 2. The highest BCUT2D eigenvalue weighted by Gasteiger charge is 2.31. The van der Waals surface area contributed by atoms with E-state index in [1.165, 1.54) is 0 Å². The van der Waals surface area contributed by atoms with Gasteiger partial charge in [0.15, 0.2) is 5.15 Å². The molecule has 0 amide bonds. The standard InChI is InChI=1S/C14H12Cl2N2O2/c15-9-6-4-8(5-7-9)13-17-12(16)10-2-1-3-11(14(19)20)18(10)13/h4-7,11H,1-3H2,(H,19,20). The fraction of sp³-hybridized carbons (Fsp3) is 0.286. The van der Waals surface area contributed by atoms with Gasteiger partial charge < -0.3 is 9.67 Å². The van der Waals surface area contributed by atoms with Crippen LogP contribution in [-0.2, 0) is 11.2 Å². The number of carbonyl (C=O) groups is 1. The van der Waals surface area contributed by atoms with Crippen molar-refractivity contribution >= 4 is 29.2 Å². The van der Waals surface area contributed by atoms with Crippen molar-refractivity contribution in [2.45, 2.75) is 25.3 Å². The summed E-state index contributed by atoms with van der Waals surface area (Å²) in [5.74, 6) is -0.260. The molecule has 2 aromatic rings. The fourth-order valence-corrected chi connectivity index (χ4v) is 3.02. The fourth-order valence-electron chi connectivity index (χ4n) is 2.63. The predicted octanol–water partition coefficient (Wildman–Crippen LogP) is 3.82. The Hall–Kier alpha value is -1.52. The third-order valence-corrected chi connectivity index (χ3v) is 4.11. The highest BCUT2D eigenvalue weighted by molar-refractivity contribution is 6.31. The number of carboxylic acid groups (broad SMARTS) is 1. The van der Waals surface area contributed by atoms with Crippen LogP contribution < -0.4 is 0 Å². The lowest BCUT2D eigenvalue weighted by atomic mass is 10.0. The molecule has 0 spiro atoms. The predicted molar refractivity (Wildman–Crippen MR) is 77.3 cm³/mol. The van der Waals surface area contributed by atoms with Gasteiger partial charge in [0.1, 0.15) is 11.9 Å². The Kier molecular flexibility index (Phi) is 3.44. The summed E-state index contributed by atoms with van der Waals surface area (Å²) in [4.78, 5) is 15.8. The van der Waals surface area contributed by atoms with Crippen molar-refractivity contribution in [2.75, 3.05) is 0 Å². The van der Waals surface area contributed by atoms with Gasteiger partial charge in [0, 0.05) is 10.6 Å². The van der Waals surface area contributed by atoms with Crippen LogP contribution in [0.25, 0.3) is 11.4 Å². The monoisotopic (exact) mass is 310 g/mol. The lowest BCUT2D eigenvalue weighted by Gasteiger charge is -2.24. The summed E-state index contributed by atoms with van der Waals surface area (Å²) in [6.45, 7) is 0. The van der Waals surface area contributed by atoms with E-state index in [9.17, 15) is 9.90 Å². The Labute approximate surface area is 126 Å². The van der Waals surface area contributed by atoms with E-state index in [2.05, 4.69) is 4.98 Å². The largest absolute Gasteiger partial charge is 0.480 e. The zero-order valence-electron chi connectivity index (χ0n) is 10.5. The van der Waals surface area contributed by atoms with E-state index < -0.39 is 12.0 Å². The third kappa shape index (κ3) is 2.19. The molecule has 0 bridgehead atoms. The first-order chi connectivity index (χ1) is 9.58.